The molecule has 0 bridgehead atoms. The van der Waals surface area contributed by atoms with Gasteiger partial charge in [0, 0.05) is 19.3 Å². The summed E-state index contributed by atoms with van der Waals surface area (Å²) >= 11 is 4.76. The number of thiocarbonyl (C=S) groups is 1. The standard InChI is InChI=1S/C7H8N2OS/c1-8-7(11)10-6-4-2-3-5-9-6/h2-5H,1H3,(H,8,11). The number of ether oxygens (including phenoxy) is 1. The van der Waals surface area contributed by atoms with Crippen LogP contribution in [0.25, 0.3) is 0 Å². The minimum absolute atomic E-state index is 0.323. The SMILES string of the molecule is CNC(=S)Oc1ccccn1. The Balaban J connectivity index is 2.58. The molecule has 0 saturated carbocycles. The largest absolute Gasteiger partial charge is 0.413 e. The Labute approximate surface area is 70.4 Å². The maximum Gasteiger partial charge on any atom is 0.263 e. The van der Waals surface area contributed by atoms with Gasteiger partial charge in [-0.1, -0.05) is 6.07 Å². The second-order valence-electron chi connectivity index (χ2n) is 1.81. The molecule has 11 heavy (non-hydrogen) atoms. The van der Waals surface area contributed by atoms with Crippen LogP contribution in [-0.2, 0) is 0 Å². The Morgan fingerprint density at radius 1 is 1.64 bits per heavy atom. The van der Waals surface area contributed by atoms with Crippen LogP contribution < -0.4 is 10.1 Å². The lowest BCUT2D eigenvalue weighted by Gasteiger charge is -2.02. The molecule has 1 aromatic rings. The lowest BCUT2D eigenvalue weighted by atomic mass is 10.5. The van der Waals surface area contributed by atoms with Crippen LogP contribution in [0.3, 0.4) is 0 Å². The lowest BCUT2D eigenvalue weighted by Crippen LogP contribution is -2.22. The van der Waals surface area contributed by atoms with Crippen LogP contribution >= 0.6 is 12.2 Å². The highest BCUT2D eigenvalue weighted by atomic mass is 32.1. The second kappa shape index (κ2) is 3.88. The van der Waals surface area contributed by atoms with Gasteiger partial charge < -0.3 is 10.1 Å². The Kier molecular flexibility index (Phi) is 2.80. The van der Waals surface area contributed by atoms with Gasteiger partial charge in [-0.3, -0.25) is 0 Å². The fourth-order valence-electron chi connectivity index (χ4n) is 0.553. The van der Waals surface area contributed by atoms with Gasteiger partial charge in [-0.05, 0) is 18.3 Å². The van der Waals surface area contributed by atoms with Crippen LogP contribution in [-0.4, -0.2) is 17.2 Å². The first-order valence-electron chi connectivity index (χ1n) is 3.13. The molecule has 0 aliphatic carbocycles. The molecule has 0 spiro atoms. The number of rotatable bonds is 1. The van der Waals surface area contributed by atoms with Gasteiger partial charge in [-0.15, -0.1) is 0 Å². The third-order valence-corrected chi connectivity index (χ3v) is 1.33. The lowest BCUT2D eigenvalue weighted by molar-refractivity contribution is 0.519. The van der Waals surface area contributed by atoms with Gasteiger partial charge in [0.1, 0.15) is 0 Å². The van der Waals surface area contributed by atoms with Crippen LogP contribution in [0.15, 0.2) is 24.4 Å². The molecule has 0 saturated heterocycles. The molecular weight excluding hydrogens is 160 g/mol. The average molecular weight is 168 g/mol. The number of pyridine rings is 1. The van der Waals surface area contributed by atoms with Crippen molar-refractivity contribution in [3.8, 4) is 5.88 Å². The number of nitrogens with one attached hydrogen (secondary N) is 1. The summed E-state index contributed by atoms with van der Waals surface area (Å²) in [6, 6.07) is 5.39. The van der Waals surface area contributed by atoms with E-state index in [9.17, 15) is 0 Å². The van der Waals surface area contributed by atoms with Crippen molar-refractivity contribution in [1.29, 1.82) is 0 Å². The first-order valence-corrected chi connectivity index (χ1v) is 3.54. The predicted molar refractivity (Wildman–Crippen MR) is 46.5 cm³/mol. The van der Waals surface area contributed by atoms with E-state index >= 15 is 0 Å². The van der Waals surface area contributed by atoms with E-state index in [0.717, 1.165) is 0 Å². The van der Waals surface area contributed by atoms with Crippen molar-refractivity contribution >= 4 is 17.4 Å². The summed E-state index contributed by atoms with van der Waals surface area (Å²) in [5.41, 5.74) is 0. The van der Waals surface area contributed by atoms with Crippen molar-refractivity contribution in [2.24, 2.45) is 0 Å². The molecule has 0 aliphatic rings. The summed E-state index contributed by atoms with van der Waals surface area (Å²) < 4.78 is 5.07. The number of hydrogen-bond acceptors (Lipinski definition) is 3. The third kappa shape index (κ3) is 2.51. The molecule has 3 nitrogen and oxygen atoms in total. The van der Waals surface area contributed by atoms with E-state index in [1.807, 2.05) is 12.1 Å². The fraction of sp³-hybridized carbons (Fsp3) is 0.143. The molecule has 1 rings (SSSR count). The van der Waals surface area contributed by atoms with Crippen molar-refractivity contribution in [3.05, 3.63) is 24.4 Å². The quantitative estimate of drug-likeness (QED) is 0.633. The first-order chi connectivity index (χ1) is 5.33. The van der Waals surface area contributed by atoms with Gasteiger partial charge >= 0.3 is 0 Å². The smallest absolute Gasteiger partial charge is 0.263 e. The van der Waals surface area contributed by atoms with E-state index in [-0.39, 0.29) is 0 Å². The molecule has 58 valence electrons. The zero-order chi connectivity index (χ0) is 8.10. The van der Waals surface area contributed by atoms with Crippen LogP contribution in [0.4, 0.5) is 0 Å². The Bertz CT molecular complexity index is 237. The van der Waals surface area contributed by atoms with Gasteiger partial charge in [-0.2, -0.15) is 0 Å². The topological polar surface area (TPSA) is 34.1 Å². The molecule has 4 heteroatoms. The highest BCUT2D eigenvalue weighted by Crippen LogP contribution is 2.02. The Hall–Kier alpha value is -1.16. The molecule has 1 N–H and O–H groups in total. The second-order valence-corrected chi connectivity index (χ2v) is 2.18. The van der Waals surface area contributed by atoms with Crippen LogP contribution in [0, 0.1) is 0 Å². The van der Waals surface area contributed by atoms with Crippen molar-refractivity contribution in [2.45, 2.75) is 0 Å². The molecule has 0 fully saturated rings. The van der Waals surface area contributed by atoms with E-state index in [4.69, 9.17) is 17.0 Å². The molecule has 0 unspecified atom stereocenters. The van der Waals surface area contributed by atoms with Gasteiger partial charge in [0.05, 0.1) is 0 Å². The van der Waals surface area contributed by atoms with E-state index in [0.29, 0.717) is 11.1 Å². The summed E-state index contributed by atoms with van der Waals surface area (Å²) in [7, 11) is 1.70. The zero-order valence-corrected chi connectivity index (χ0v) is 6.89. The molecule has 1 aromatic heterocycles. The fourth-order valence-corrected chi connectivity index (χ4v) is 0.639. The van der Waals surface area contributed by atoms with Crippen LogP contribution in [0.5, 0.6) is 5.88 Å². The number of nitrogens with zero attached hydrogens (tertiary/aromatic N) is 1. The summed E-state index contributed by atoms with van der Waals surface area (Å²) in [6.45, 7) is 0. The maximum absolute atomic E-state index is 5.07. The van der Waals surface area contributed by atoms with E-state index < -0.39 is 0 Å². The van der Waals surface area contributed by atoms with E-state index in [1.165, 1.54) is 0 Å². The van der Waals surface area contributed by atoms with E-state index in [2.05, 4.69) is 10.3 Å². The van der Waals surface area contributed by atoms with Gasteiger partial charge in [0.25, 0.3) is 5.17 Å². The molecular formula is C7H8N2OS. The van der Waals surface area contributed by atoms with Crippen molar-refractivity contribution < 1.29 is 4.74 Å². The molecule has 0 amide bonds. The molecule has 0 aliphatic heterocycles. The normalized spacial score (nSPS) is 8.82. The highest BCUT2D eigenvalue weighted by Gasteiger charge is 1.95. The van der Waals surface area contributed by atoms with Crippen LogP contribution in [0.1, 0.15) is 0 Å². The Morgan fingerprint density at radius 2 is 2.45 bits per heavy atom. The highest BCUT2D eigenvalue weighted by molar-refractivity contribution is 7.80. The van der Waals surface area contributed by atoms with Crippen molar-refractivity contribution in [3.63, 3.8) is 0 Å². The number of aromatic nitrogens is 1. The summed E-state index contributed by atoms with van der Waals surface area (Å²) in [5.74, 6) is 0.506. The predicted octanol–water partition coefficient (Wildman–Crippen LogP) is 0.965. The Morgan fingerprint density at radius 3 is 3.00 bits per heavy atom. The monoisotopic (exact) mass is 168 g/mol. The van der Waals surface area contributed by atoms with Gasteiger partial charge in [0.2, 0.25) is 5.88 Å². The van der Waals surface area contributed by atoms with Gasteiger partial charge in [-0.25, -0.2) is 4.98 Å². The number of hydrogen-bond donors (Lipinski definition) is 1. The molecule has 0 radical (unpaired) electrons. The summed E-state index contributed by atoms with van der Waals surface area (Å²) in [5, 5.41) is 3.01. The molecule has 0 aromatic carbocycles. The first kappa shape index (κ1) is 7.94. The average Bonchev–Trinajstić information content (AvgIpc) is 2.06. The molecule has 0 atom stereocenters. The maximum atomic E-state index is 5.07. The van der Waals surface area contributed by atoms with Crippen LogP contribution in [0.2, 0.25) is 0 Å². The summed E-state index contributed by atoms with van der Waals surface area (Å²) in [6.07, 6.45) is 1.65. The minimum atomic E-state index is 0.323. The minimum Gasteiger partial charge on any atom is -0.413 e. The summed E-state index contributed by atoms with van der Waals surface area (Å²) in [4.78, 5) is 3.92. The van der Waals surface area contributed by atoms with E-state index in [1.54, 1.807) is 19.3 Å². The van der Waals surface area contributed by atoms with Crippen molar-refractivity contribution in [1.82, 2.24) is 10.3 Å². The third-order valence-electron chi connectivity index (χ3n) is 1.04. The van der Waals surface area contributed by atoms with Gasteiger partial charge in [0.15, 0.2) is 0 Å². The molecule has 1 heterocycles. The van der Waals surface area contributed by atoms with Crippen molar-refractivity contribution in [2.75, 3.05) is 7.05 Å². The zero-order valence-electron chi connectivity index (χ0n) is 6.07.